The highest BCUT2D eigenvalue weighted by atomic mass is 79.9. The highest BCUT2D eigenvalue weighted by Gasteiger charge is 2.22. The molecule has 1 amide bonds. The second kappa shape index (κ2) is 6.38. The van der Waals surface area contributed by atoms with Crippen molar-refractivity contribution in [2.45, 2.75) is 32.6 Å². The van der Waals surface area contributed by atoms with Crippen molar-refractivity contribution < 1.29 is 4.79 Å². The number of halogens is 1. The number of amides is 1. The lowest BCUT2D eigenvalue weighted by molar-refractivity contribution is 0.101. The first-order valence-corrected chi connectivity index (χ1v) is 9.77. The van der Waals surface area contributed by atoms with E-state index in [-0.39, 0.29) is 11.5 Å². The Morgan fingerprint density at radius 3 is 2.84 bits per heavy atom. The molecule has 0 fully saturated rings. The van der Waals surface area contributed by atoms with Crippen molar-refractivity contribution in [1.29, 1.82) is 0 Å². The molecule has 5 nitrogen and oxygen atoms in total. The van der Waals surface area contributed by atoms with Crippen LogP contribution >= 0.6 is 27.3 Å². The van der Waals surface area contributed by atoms with Crippen LogP contribution in [-0.2, 0) is 12.8 Å². The van der Waals surface area contributed by atoms with E-state index in [0.717, 1.165) is 36.1 Å². The quantitative estimate of drug-likeness (QED) is 0.689. The van der Waals surface area contributed by atoms with Crippen molar-refractivity contribution in [3.05, 3.63) is 60.9 Å². The summed E-state index contributed by atoms with van der Waals surface area (Å²) in [6, 6.07) is 7.12. The Balaban J connectivity index is 1.81. The summed E-state index contributed by atoms with van der Waals surface area (Å²) in [7, 11) is 0. The minimum Gasteiger partial charge on any atom is -0.267 e. The summed E-state index contributed by atoms with van der Waals surface area (Å²) in [5.74, 6) is 0.138. The average molecular weight is 418 g/mol. The predicted molar refractivity (Wildman–Crippen MR) is 103 cm³/mol. The molecule has 7 heteroatoms. The Morgan fingerprint density at radius 1 is 1.28 bits per heavy atom. The van der Waals surface area contributed by atoms with Gasteiger partial charge in [-0.05, 0) is 66.2 Å². The van der Waals surface area contributed by atoms with E-state index in [0.29, 0.717) is 21.2 Å². The molecule has 3 aromatic rings. The molecule has 2 aromatic heterocycles. The van der Waals surface area contributed by atoms with Crippen LogP contribution in [0, 0.1) is 6.92 Å². The number of carbonyl (C=O) groups is 1. The number of nitrogens with zero attached hydrogens (tertiary/aromatic N) is 2. The lowest BCUT2D eigenvalue weighted by Gasteiger charge is -2.13. The van der Waals surface area contributed by atoms with Gasteiger partial charge in [-0.25, -0.2) is 9.66 Å². The fourth-order valence-corrected chi connectivity index (χ4v) is 5.01. The topological polar surface area (TPSA) is 64.0 Å². The third-order valence-corrected chi connectivity index (χ3v) is 6.37. The minimum absolute atomic E-state index is 0.192. The summed E-state index contributed by atoms with van der Waals surface area (Å²) in [5.41, 5.74) is 4.10. The van der Waals surface area contributed by atoms with Crippen LogP contribution in [0.25, 0.3) is 10.2 Å². The van der Waals surface area contributed by atoms with Gasteiger partial charge < -0.3 is 0 Å². The van der Waals surface area contributed by atoms with Gasteiger partial charge in [-0.2, -0.15) is 0 Å². The maximum atomic E-state index is 13.0. The van der Waals surface area contributed by atoms with E-state index in [4.69, 9.17) is 0 Å². The fourth-order valence-electron chi connectivity index (χ4n) is 3.25. The zero-order valence-corrected chi connectivity index (χ0v) is 16.0. The van der Waals surface area contributed by atoms with E-state index < -0.39 is 0 Å². The lowest BCUT2D eigenvalue weighted by Crippen LogP contribution is -2.35. The minimum atomic E-state index is -0.345. The van der Waals surface area contributed by atoms with Gasteiger partial charge in [-0.1, -0.05) is 12.1 Å². The van der Waals surface area contributed by atoms with Gasteiger partial charge in [0.2, 0.25) is 0 Å². The van der Waals surface area contributed by atoms with Gasteiger partial charge in [0.1, 0.15) is 10.7 Å². The van der Waals surface area contributed by atoms with E-state index in [1.54, 1.807) is 36.5 Å². The molecule has 0 saturated carbocycles. The Morgan fingerprint density at radius 2 is 2.04 bits per heavy atom. The van der Waals surface area contributed by atoms with E-state index in [9.17, 15) is 9.59 Å². The molecule has 2 heterocycles. The van der Waals surface area contributed by atoms with Crippen LogP contribution in [0.3, 0.4) is 0 Å². The smallest absolute Gasteiger partial charge is 0.267 e. The molecule has 0 aliphatic heterocycles. The molecule has 0 bridgehead atoms. The normalized spacial score (nSPS) is 13.7. The first kappa shape index (κ1) is 16.5. The molecule has 1 aliphatic rings. The van der Waals surface area contributed by atoms with Gasteiger partial charge in [0.15, 0.2) is 0 Å². The highest BCUT2D eigenvalue weighted by molar-refractivity contribution is 9.10. The number of rotatable bonds is 2. The van der Waals surface area contributed by atoms with Crippen LogP contribution in [0.4, 0.5) is 0 Å². The molecule has 4 rings (SSSR count). The predicted octanol–water partition coefficient (Wildman–Crippen LogP) is 3.79. The Labute approximate surface area is 156 Å². The van der Waals surface area contributed by atoms with Gasteiger partial charge in [-0.15, -0.1) is 11.3 Å². The molecule has 128 valence electrons. The molecular weight excluding hydrogens is 402 g/mol. The second-order valence-corrected chi connectivity index (χ2v) is 8.05. The third kappa shape index (κ3) is 2.81. The highest BCUT2D eigenvalue weighted by Crippen LogP contribution is 2.33. The number of thiophene rings is 1. The van der Waals surface area contributed by atoms with Crippen molar-refractivity contribution in [3.63, 3.8) is 0 Å². The summed E-state index contributed by atoms with van der Waals surface area (Å²) in [4.78, 5) is 32.2. The molecule has 25 heavy (non-hydrogen) atoms. The number of carbonyl (C=O) groups excluding carboxylic acids is 1. The summed E-state index contributed by atoms with van der Waals surface area (Å²) in [6.45, 7) is 1.74. The summed E-state index contributed by atoms with van der Waals surface area (Å²) < 4.78 is 1.95. The van der Waals surface area contributed by atoms with E-state index in [1.165, 1.54) is 9.55 Å². The molecule has 0 saturated heterocycles. The Bertz CT molecular complexity index is 1050. The average Bonchev–Trinajstić information content (AvgIpc) is 2.96. The van der Waals surface area contributed by atoms with Crippen LogP contribution in [0.1, 0.15) is 39.5 Å². The van der Waals surface area contributed by atoms with Crippen LogP contribution < -0.4 is 11.0 Å². The molecule has 0 radical (unpaired) electrons. The first-order valence-electron chi connectivity index (χ1n) is 8.16. The van der Waals surface area contributed by atoms with Gasteiger partial charge >= 0.3 is 0 Å². The molecule has 0 spiro atoms. The zero-order chi connectivity index (χ0) is 17.6. The third-order valence-electron chi connectivity index (χ3n) is 4.49. The summed E-state index contributed by atoms with van der Waals surface area (Å²) >= 11 is 4.98. The molecule has 1 aromatic carbocycles. The van der Waals surface area contributed by atoms with Crippen LogP contribution in [-0.4, -0.2) is 15.6 Å². The number of benzene rings is 1. The number of aryl methyl sites for hydroxylation is 3. The molecule has 1 N–H and O–H groups in total. The van der Waals surface area contributed by atoms with Crippen molar-refractivity contribution in [2.24, 2.45) is 0 Å². The number of aromatic nitrogens is 2. The lowest BCUT2D eigenvalue weighted by atomic mass is 9.97. The van der Waals surface area contributed by atoms with Crippen LogP contribution in [0.2, 0.25) is 0 Å². The fraction of sp³-hybridized carbons (Fsp3) is 0.278. The van der Waals surface area contributed by atoms with Gasteiger partial charge in [0.25, 0.3) is 11.5 Å². The van der Waals surface area contributed by atoms with Crippen molar-refractivity contribution in [2.75, 3.05) is 5.43 Å². The van der Waals surface area contributed by atoms with Crippen molar-refractivity contribution in [1.82, 2.24) is 9.66 Å². The van der Waals surface area contributed by atoms with Crippen LogP contribution in [0.5, 0.6) is 0 Å². The number of nitrogens with one attached hydrogen (secondary N) is 1. The summed E-state index contributed by atoms with van der Waals surface area (Å²) in [5, 5.41) is 0.665. The maximum absolute atomic E-state index is 13.0. The molecular formula is C18H16BrN3O2S. The zero-order valence-electron chi connectivity index (χ0n) is 13.6. The van der Waals surface area contributed by atoms with Crippen molar-refractivity contribution >= 4 is 43.4 Å². The van der Waals surface area contributed by atoms with E-state index >= 15 is 0 Å². The number of hydrogen-bond donors (Lipinski definition) is 1. The van der Waals surface area contributed by atoms with E-state index in [1.807, 2.05) is 6.07 Å². The maximum Gasteiger partial charge on any atom is 0.281 e. The van der Waals surface area contributed by atoms with Gasteiger partial charge in [-0.3, -0.25) is 15.0 Å². The van der Waals surface area contributed by atoms with Gasteiger partial charge in [0, 0.05) is 9.35 Å². The summed E-state index contributed by atoms with van der Waals surface area (Å²) in [6.07, 6.45) is 4.17. The number of hydrogen-bond acceptors (Lipinski definition) is 4. The Kier molecular flexibility index (Phi) is 4.21. The van der Waals surface area contributed by atoms with E-state index in [2.05, 4.69) is 26.3 Å². The second-order valence-electron chi connectivity index (χ2n) is 6.11. The van der Waals surface area contributed by atoms with Crippen LogP contribution in [0.15, 0.2) is 33.5 Å². The Hall–Kier alpha value is -1.99. The van der Waals surface area contributed by atoms with Crippen molar-refractivity contribution in [3.8, 4) is 0 Å². The molecule has 0 atom stereocenters. The van der Waals surface area contributed by atoms with Gasteiger partial charge in [0.05, 0.1) is 10.9 Å². The SMILES string of the molecule is Cc1nc2sc3c(c2c(=O)n1NC(=O)c1ccccc1Br)CCCC3. The monoisotopic (exact) mass is 417 g/mol. The molecule has 0 unspecified atom stereocenters. The first-order chi connectivity index (χ1) is 12.1. The standard InChI is InChI=1S/C18H16BrN3O2S/c1-10-20-17-15(12-7-3-5-9-14(12)25-17)18(24)22(10)21-16(23)11-6-2-4-8-13(11)19/h2,4,6,8H,3,5,7,9H2,1H3,(H,21,23). The largest absolute Gasteiger partial charge is 0.281 e. The number of fused-ring (bicyclic) bond motifs is 3. The molecule has 1 aliphatic carbocycles.